The van der Waals surface area contributed by atoms with Crippen LogP contribution in [0, 0.1) is 13.8 Å². The Morgan fingerprint density at radius 2 is 2.12 bits per heavy atom. The van der Waals surface area contributed by atoms with Crippen LogP contribution in [0.4, 0.5) is 0 Å². The van der Waals surface area contributed by atoms with Gasteiger partial charge in [-0.25, -0.2) is 4.98 Å². The summed E-state index contributed by atoms with van der Waals surface area (Å²) in [6.45, 7) is 4.09. The van der Waals surface area contributed by atoms with Gasteiger partial charge in [-0.15, -0.1) is 11.3 Å². The van der Waals surface area contributed by atoms with Crippen LogP contribution in [0.2, 0.25) is 0 Å². The van der Waals surface area contributed by atoms with Gasteiger partial charge in [-0.3, -0.25) is 0 Å². The lowest BCUT2D eigenvalue weighted by molar-refractivity contribution is 0.851. The molecule has 2 N–H and O–H groups in total. The van der Waals surface area contributed by atoms with Crippen LogP contribution in [0.15, 0.2) is 28.7 Å². The summed E-state index contributed by atoms with van der Waals surface area (Å²) in [6, 6.07) is 7.93. The molecule has 0 fully saturated rings. The Morgan fingerprint density at radius 3 is 2.69 bits per heavy atom. The van der Waals surface area contributed by atoms with Crippen LogP contribution in [-0.4, -0.2) is 4.98 Å². The van der Waals surface area contributed by atoms with Crippen molar-refractivity contribution in [3.63, 3.8) is 0 Å². The minimum Gasteiger partial charge on any atom is -0.318 e. The van der Waals surface area contributed by atoms with Gasteiger partial charge in [-0.05, 0) is 31.5 Å². The molecule has 4 heteroatoms. The van der Waals surface area contributed by atoms with Crippen molar-refractivity contribution in [1.82, 2.24) is 4.98 Å². The third kappa shape index (κ3) is 2.34. The highest BCUT2D eigenvalue weighted by Crippen LogP contribution is 2.27. The minimum atomic E-state index is -0.130. The number of nitrogens with two attached hydrogens (primary N) is 1. The number of aromatic nitrogens is 1. The monoisotopic (exact) mass is 296 g/mol. The lowest BCUT2D eigenvalue weighted by Gasteiger charge is -2.08. The molecular formula is C12H13BrN2S. The van der Waals surface area contributed by atoms with E-state index in [2.05, 4.69) is 27.8 Å². The largest absolute Gasteiger partial charge is 0.318 e. The number of hydrogen-bond donors (Lipinski definition) is 1. The van der Waals surface area contributed by atoms with Crippen LogP contribution in [0.1, 0.15) is 27.2 Å². The van der Waals surface area contributed by atoms with Crippen LogP contribution >= 0.6 is 27.3 Å². The van der Waals surface area contributed by atoms with Crippen molar-refractivity contribution < 1.29 is 0 Å². The van der Waals surface area contributed by atoms with Gasteiger partial charge in [0.25, 0.3) is 0 Å². The van der Waals surface area contributed by atoms with Crippen molar-refractivity contribution in [1.29, 1.82) is 0 Å². The van der Waals surface area contributed by atoms with E-state index in [1.165, 1.54) is 4.88 Å². The molecule has 16 heavy (non-hydrogen) atoms. The first-order chi connectivity index (χ1) is 7.58. The predicted octanol–water partition coefficient (Wildman–Crippen LogP) is 3.57. The van der Waals surface area contributed by atoms with Gasteiger partial charge in [-0.1, -0.05) is 28.1 Å². The fraction of sp³-hybridized carbons (Fsp3) is 0.250. The van der Waals surface area contributed by atoms with E-state index in [9.17, 15) is 0 Å². The van der Waals surface area contributed by atoms with Gasteiger partial charge < -0.3 is 5.73 Å². The van der Waals surface area contributed by atoms with Gasteiger partial charge in [-0.2, -0.15) is 0 Å². The van der Waals surface area contributed by atoms with Gasteiger partial charge >= 0.3 is 0 Å². The summed E-state index contributed by atoms with van der Waals surface area (Å²) in [5, 5.41) is 0.980. The van der Waals surface area contributed by atoms with Crippen molar-refractivity contribution in [2.75, 3.05) is 0 Å². The number of halogens is 1. The molecule has 1 atom stereocenters. The zero-order chi connectivity index (χ0) is 11.7. The van der Waals surface area contributed by atoms with E-state index >= 15 is 0 Å². The SMILES string of the molecule is Cc1nc(C(N)c2cccc(Br)c2)sc1C. The number of hydrogen-bond acceptors (Lipinski definition) is 3. The second kappa shape index (κ2) is 4.65. The maximum Gasteiger partial charge on any atom is 0.114 e. The smallest absolute Gasteiger partial charge is 0.114 e. The fourth-order valence-electron chi connectivity index (χ4n) is 1.47. The quantitative estimate of drug-likeness (QED) is 0.920. The maximum absolute atomic E-state index is 6.19. The normalized spacial score (nSPS) is 12.8. The Labute approximate surface area is 108 Å². The number of thiazole rings is 1. The zero-order valence-corrected chi connectivity index (χ0v) is 11.6. The molecule has 0 aliphatic heterocycles. The van der Waals surface area contributed by atoms with Crippen molar-refractivity contribution in [2.45, 2.75) is 19.9 Å². The molecule has 0 saturated carbocycles. The summed E-state index contributed by atoms with van der Waals surface area (Å²) in [6.07, 6.45) is 0. The first-order valence-corrected chi connectivity index (χ1v) is 6.64. The first-order valence-electron chi connectivity index (χ1n) is 5.03. The van der Waals surface area contributed by atoms with E-state index in [0.717, 1.165) is 20.7 Å². The zero-order valence-electron chi connectivity index (χ0n) is 9.20. The number of aryl methyl sites for hydroxylation is 2. The standard InChI is InChI=1S/C12H13BrN2S/c1-7-8(2)16-12(15-7)11(14)9-4-3-5-10(13)6-9/h3-6,11H,14H2,1-2H3. The average molecular weight is 297 g/mol. The molecule has 84 valence electrons. The summed E-state index contributed by atoms with van der Waals surface area (Å²) in [5.74, 6) is 0. The Hall–Kier alpha value is -0.710. The molecule has 1 heterocycles. The Kier molecular flexibility index (Phi) is 3.42. The molecule has 0 aliphatic rings. The molecule has 1 aromatic carbocycles. The Bertz CT molecular complexity index is 488. The van der Waals surface area contributed by atoms with Crippen molar-refractivity contribution in [3.8, 4) is 0 Å². The molecule has 1 aromatic heterocycles. The van der Waals surface area contributed by atoms with E-state index in [0.29, 0.717) is 0 Å². The van der Waals surface area contributed by atoms with Gasteiger partial charge in [0.2, 0.25) is 0 Å². The van der Waals surface area contributed by atoms with Crippen LogP contribution < -0.4 is 5.73 Å². The highest BCUT2D eigenvalue weighted by atomic mass is 79.9. The third-order valence-corrected chi connectivity index (χ3v) is 4.17. The lowest BCUT2D eigenvalue weighted by atomic mass is 10.1. The number of benzene rings is 1. The molecule has 0 amide bonds. The molecule has 0 spiro atoms. The predicted molar refractivity (Wildman–Crippen MR) is 71.8 cm³/mol. The summed E-state index contributed by atoms with van der Waals surface area (Å²) < 4.78 is 1.05. The summed E-state index contributed by atoms with van der Waals surface area (Å²) in [4.78, 5) is 5.73. The maximum atomic E-state index is 6.19. The average Bonchev–Trinajstić information content (AvgIpc) is 2.58. The fourth-order valence-corrected chi connectivity index (χ4v) is 2.84. The number of rotatable bonds is 2. The second-order valence-corrected chi connectivity index (χ2v) is 5.88. The van der Waals surface area contributed by atoms with Gasteiger partial charge in [0, 0.05) is 9.35 Å². The van der Waals surface area contributed by atoms with Crippen LogP contribution in [0.25, 0.3) is 0 Å². The molecule has 2 nitrogen and oxygen atoms in total. The second-order valence-electron chi connectivity index (χ2n) is 3.73. The van der Waals surface area contributed by atoms with Crippen molar-refractivity contribution in [3.05, 3.63) is 49.9 Å². The minimum absolute atomic E-state index is 0.130. The number of nitrogens with zero attached hydrogens (tertiary/aromatic N) is 1. The van der Waals surface area contributed by atoms with Crippen LogP contribution in [0.5, 0.6) is 0 Å². The van der Waals surface area contributed by atoms with Gasteiger partial charge in [0.15, 0.2) is 0 Å². The molecule has 0 aliphatic carbocycles. The first kappa shape index (κ1) is 11.8. The van der Waals surface area contributed by atoms with Crippen molar-refractivity contribution in [2.24, 2.45) is 5.73 Å². The summed E-state index contributed by atoms with van der Waals surface area (Å²) >= 11 is 5.12. The van der Waals surface area contributed by atoms with E-state index in [4.69, 9.17) is 5.73 Å². The highest BCUT2D eigenvalue weighted by Gasteiger charge is 2.14. The van der Waals surface area contributed by atoms with Gasteiger partial charge in [0.05, 0.1) is 11.7 Å². The molecule has 0 radical (unpaired) electrons. The summed E-state index contributed by atoms with van der Waals surface area (Å²) in [7, 11) is 0. The lowest BCUT2D eigenvalue weighted by Crippen LogP contribution is -2.11. The molecule has 2 rings (SSSR count). The van der Waals surface area contributed by atoms with E-state index in [1.807, 2.05) is 31.2 Å². The van der Waals surface area contributed by atoms with E-state index < -0.39 is 0 Å². The molecule has 0 bridgehead atoms. The van der Waals surface area contributed by atoms with Crippen molar-refractivity contribution >= 4 is 27.3 Å². The Morgan fingerprint density at radius 1 is 1.38 bits per heavy atom. The van der Waals surface area contributed by atoms with Gasteiger partial charge in [0.1, 0.15) is 5.01 Å². The van der Waals surface area contributed by atoms with E-state index in [-0.39, 0.29) is 6.04 Å². The summed E-state index contributed by atoms with van der Waals surface area (Å²) in [5.41, 5.74) is 8.36. The topological polar surface area (TPSA) is 38.9 Å². The highest BCUT2D eigenvalue weighted by molar-refractivity contribution is 9.10. The Balaban J connectivity index is 2.35. The van der Waals surface area contributed by atoms with Crippen LogP contribution in [0.3, 0.4) is 0 Å². The molecule has 1 unspecified atom stereocenters. The third-order valence-electron chi connectivity index (χ3n) is 2.52. The molecule has 2 aromatic rings. The van der Waals surface area contributed by atoms with E-state index in [1.54, 1.807) is 11.3 Å². The van der Waals surface area contributed by atoms with Crippen LogP contribution in [-0.2, 0) is 0 Å². The molecular weight excluding hydrogens is 284 g/mol. The molecule has 0 saturated heterocycles.